The van der Waals surface area contributed by atoms with Gasteiger partial charge in [-0.05, 0) is 24.8 Å². The highest BCUT2D eigenvalue weighted by molar-refractivity contribution is 5.96. The van der Waals surface area contributed by atoms with E-state index in [1.54, 1.807) is 0 Å². The second kappa shape index (κ2) is 6.33. The molecule has 0 N–H and O–H groups in total. The largest absolute Gasteiger partial charge is 0.294 e. The van der Waals surface area contributed by atoms with E-state index < -0.39 is 0 Å². The number of ketones is 1. The molecule has 0 amide bonds. The van der Waals surface area contributed by atoms with Crippen molar-refractivity contribution in [3.05, 3.63) is 71.3 Å². The van der Waals surface area contributed by atoms with Crippen LogP contribution in [0.3, 0.4) is 0 Å². The van der Waals surface area contributed by atoms with Crippen molar-refractivity contribution in [3.63, 3.8) is 0 Å². The number of benzene rings is 2. The van der Waals surface area contributed by atoms with E-state index in [9.17, 15) is 4.79 Å². The summed E-state index contributed by atoms with van der Waals surface area (Å²) in [6.45, 7) is 4.22. The van der Waals surface area contributed by atoms with Crippen LogP contribution in [-0.2, 0) is 0 Å². The summed E-state index contributed by atoms with van der Waals surface area (Å²) >= 11 is 0. The van der Waals surface area contributed by atoms with Crippen molar-refractivity contribution in [1.82, 2.24) is 0 Å². The van der Waals surface area contributed by atoms with Crippen LogP contribution in [-0.4, -0.2) is 5.78 Å². The molecule has 98 valence electrons. The molecule has 0 heterocycles. The summed E-state index contributed by atoms with van der Waals surface area (Å²) in [5, 5.41) is 0. The fraction of sp³-hybridized carbons (Fsp3) is 0.278. The van der Waals surface area contributed by atoms with Crippen molar-refractivity contribution in [3.8, 4) is 0 Å². The average molecular weight is 252 g/mol. The van der Waals surface area contributed by atoms with Gasteiger partial charge < -0.3 is 0 Å². The number of carbonyl (C=O) groups excluding carboxylic acids is 1. The standard InChI is InChI=1S/C18H20O/c1-3-15(16-11-9-14(2)10-12-16)13-18(19)17-7-5-4-6-8-17/h4-12,15H,3,13H2,1-2H3/t15-/m1/s1. The summed E-state index contributed by atoms with van der Waals surface area (Å²) in [6, 6.07) is 18.1. The maximum Gasteiger partial charge on any atom is 0.163 e. The van der Waals surface area contributed by atoms with Crippen LogP contribution in [0.5, 0.6) is 0 Å². The summed E-state index contributed by atoms with van der Waals surface area (Å²) in [6.07, 6.45) is 1.57. The Morgan fingerprint density at radius 1 is 1.00 bits per heavy atom. The molecule has 2 aromatic rings. The lowest BCUT2D eigenvalue weighted by atomic mass is 9.89. The van der Waals surface area contributed by atoms with Crippen molar-refractivity contribution in [2.75, 3.05) is 0 Å². The van der Waals surface area contributed by atoms with Gasteiger partial charge in [-0.1, -0.05) is 67.1 Å². The number of aryl methyl sites for hydroxylation is 1. The Morgan fingerprint density at radius 3 is 2.21 bits per heavy atom. The van der Waals surface area contributed by atoms with Gasteiger partial charge in [-0.3, -0.25) is 4.79 Å². The van der Waals surface area contributed by atoms with E-state index in [1.807, 2.05) is 30.3 Å². The van der Waals surface area contributed by atoms with Crippen molar-refractivity contribution in [1.29, 1.82) is 0 Å². The Kier molecular flexibility index (Phi) is 4.51. The second-order valence-electron chi connectivity index (χ2n) is 5.01. The van der Waals surface area contributed by atoms with Gasteiger partial charge in [0.25, 0.3) is 0 Å². The summed E-state index contributed by atoms with van der Waals surface area (Å²) < 4.78 is 0. The van der Waals surface area contributed by atoms with Crippen LogP contribution < -0.4 is 0 Å². The van der Waals surface area contributed by atoms with Crippen LogP contribution in [0.4, 0.5) is 0 Å². The first-order valence-electron chi connectivity index (χ1n) is 6.85. The van der Waals surface area contributed by atoms with Gasteiger partial charge >= 0.3 is 0 Å². The Bertz CT molecular complexity index is 525. The number of carbonyl (C=O) groups is 1. The van der Waals surface area contributed by atoms with Gasteiger partial charge in [0.2, 0.25) is 0 Å². The zero-order valence-corrected chi connectivity index (χ0v) is 11.6. The van der Waals surface area contributed by atoms with Crippen LogP contribution in [0.2, 0.25) is 0 Å². The molecule has 0 spiro atoms. The van der Waals surface area contributed by atoms with Crippen molar-refractivity contribution < 1.29 is 4.79 Å². The molecule has 0 radical (unpaired) electrons. The third-order valence-corrected chi connectivity index (χ3v) is 3.57. The van der Waals surface area contributed by atoms with Crippen LogP contribution in [0.25, 0.3) is 0 Å². The molecule has 0 unspecified atom stereocenters. The summed E-state index contributed by atoms with van der Waals surface area (Å²) in [5.41, 5.74) is 3.33. The second-order valence-corrected chi connectivity index (χ2v) is 5.01. The Balaban J connectivity index is 2.11. The van der Waals surface area contributed by atoms with Gasteiger partial charge in [0.1, 0.15) is 0 Å². The molecular formula is C18H20O. The lowest BCUT2D eigenvalue weighted by Gasteiger charge is -2.15. The zero-order chi connectivity index (χ0) is 13.7. The molecule has 2 aromatic carbocycles. The topological polar surface area (TPSA) is 17.1 Å². The van der Waals surface area contributed by atoms with Gasteiger partial charge in [-0.2, -0.15) is 0 Å². The fourth-order valence-corrected chi connectivity index (χ4v) is 2.30. The van der Waals surface area contributed by atoms with E-state index in [2.05, 4.69) is 38.1 Å². The smallest absolute Gasteiger partial charge is 0.163 e. The van der Waals surface area contributed by atoms with Gasteiger partial charge in [0, 0.05) is 12.0 Å². The summed E-state index contributed by atoms with van der Waals surface area (Å²) in [5.74, 6) is 0.543. The maximum atomic E-state index is 12.3. The highest BCUT2D eigenvalue weighted by Gasteiger charge is 2.15. The van der Waals surface area contributed by atoms with Gasteiger partial charge in [-0.15, -0.1) is 0 Å². The van der Waals surface area contributed by atoms with E-state index in [0.717, 1.165) is 12.0 Å². The van der Waals surface area contributed by atoms with Crippen molar-refractivity contribution in [2.45, 2.75) is 32.6 Å². The number of hydrogen-bond acceptors (Lipinski definition) is 1. The molecule has 0 aliphatic heterocycles. The number of rotatable bonds is 5. The van der Waals surface area contributed by atoms with Crippen LogP contribution in [0.1, 0.15) is 47.2 Å². The predicted octanol–water partition coefficient (Wildman–Crippen LogP) is 4.76. The molecule has 0 aliphatic carbocycles. The predicted molar refractivity (Wildman–Crippen MR) is 79.6 cm³/mol. The zero-order valence-electron chi connectivity index (χ0n) is 11.6. The Labute approximate surface area is 115 Å². The quantitative estimate of drug-likeness (QED) is 0.701. The molecule has 0 aliphatic rings. The van der Waals surface area contributed by atoms with Crippen LogP contribution >= 0.6 is 0 Å². The number of hydrogen-bond donors (Lipinski definition) is 0. The van der Waals surface area contributed by atoms with Crippen LogP contribution in [0, 0.1) is 6.92 Å². The molecule has 19 heavy (non-hydrogen) atoms. The molecule has 1 heteroatoms. The Morgan fingerprint density at radius 2 is 1.63 bits per heavy atom. The molecule has 2 rings (SSSR count). The van der Waals surface area contributed by atoms with Crippen molar-refractivity contribution >= 4 is 5.78 Å². The van der Waals surface area contributed by atoms with Crippen LogP contribution in [0.15, 0.2) is 54.6 Å². The van der Waals surface area contributed by atoms with Crippen molar-refractivity contribution in [2.24, 2.45) is 0 Å². The average Bonchev–Trinajstić information content (AvgIpc) is 2.46. The lowest BCUT2D eigenvalue weighted by Crippen LogP contribution is -2.07. The highest BCUT2D eigenvalue weighted by Crippen LogP contribution is 2.25. The molecule has 0 aromatic heterocycles. The third-order valence-electron chi connectivity index (χ3n) is 3.57. The van der Waals surface area contributed by atoms with E-state index in [1.165, 1.54) is 11.1 Å². The van der Waals surface area contributed by atoms with E-state index in [0.29, 0.717) is 12.3 Å². The molecular weight excluding hydrogens is 232 g/mol. The monoisotopic (exact) mass is 252 g/mol. The van der Waals surface area contributed by atoms with Gasteiger partial charge in [0.05, 0.1) is 0 Å². The molecule has 1 nitrogen and oxygen atoms in total. The fourth-order valence-electron chi connectivity index (χ4n) is 2.30. The lowest BCUT2D eigenvalue weighted by molar-refractivity contribution is 0.0973. The molecule has 0 saturated heterocycles. The minimum atomic E-state index is 0.230. The van der Waals surface area contributed by atoms with E-state index in [4.69, 9.17) is 0 Å². The first kappa shape index (κ1) is 13.5. The third kappa shape index (κ3) is 3.54. The minimum Gasteiger partial charge on any atom is -0.294 e. The highest BCUT2D eigenvalue weighted by atomic mass is 16.1. The van der Waals surface area contributed by atoms with Gasteiger partial charge in [-0.25, -0.2) is 0 Å². The Hall–Kier alpha value is -1.89. The first-order chi connectivity index (χ1) is 9.20. The number of Topliss-reactive ketones (excluding diaryl/α,β-unsaturated/α-hetero) is 1. The molecule has 0 bridgehead atoms. The van der Waals surface area contributed by atoms with Gasteiger partial charge in [0.15, 0.2) is 5.78 Å². The molecule has 0 fully saturated rings. The molecule has 1 atom stereocenters. The SMILES string of the molecule is CC[C@H](CC(=O)c1ccccc1)c1ccc(C)cc1. The van der Waals surface area contributed by atoms with E-state index in [-0.39, 0.29) is 5.78 Å². The maximum absolute atomic E-state index is 12.3. The summed E-state index contributed by atoms with van der Waals surface area (Å²) in [4.78, 5) is 12.3. The minimum absolute atomic E-state index is 0.230. The normalized spacial score (nSPS) is 12.1. The summed E-state index contributed by atoms with van der Waals surface area (Å²) in [7, 11) is 0. The first-order valence-corrected chi connectivity index (χ1v) is 6.85. The molecule has 0 saturated carbocycles. The van der Waals surface area contributed by atoms with E-state index >= 15 is 0 Å².